The molecule has 0 aromatic carbocycles. The molecule has 0 aliphatic heterocycles. The van der Waals surface area contributed by atoms with Crippen LogP contribution in [0.4, 0.5) is 12.9 Å². The van der Waals surface area contributed by atoms with Gasteiger partial charge in [-0.25, -0.2) is 0 Å². The first kappa shape index (κ1) is 11.3. The van der Waals surface area contributed by atoms with Crippen molar-refractivity contribution in [3.63, 3.8) is 0 Å². The maximum Gasteiger partial charge on any atom is 1.00 e. The first-order valence-electron chi connectivity index (χ1n) is 3.99. The van der Waals surface area contributed by atoms with Crippen LogP contribution < -0.4 is 51.4 Å². The number of hydrogen-bond donors (Lipinski definition) is 0. The fourth-order valence-electron chi connectivity index (χ4n) is 2.26. The second kappa shape index (κ2) is 3.77. The zero-order valence-electron chi connectivity index (χ0n) is 7.06. The minimum atomic E-state index is -4.67. The number of rotatable bonds is 1. The number of allylic oxidation sites excluding steroid dienone is 2. The van der Waals surface area contributed by atoms with Crippen molar-refractivity contribution in [1.82, 2.24) is 0 Å². The van der Waals surface area contributed by atoms with Gasteiger partial charge in [-0.3, -0.25) is 0 Å². The smallest absolute Gasteiger partial charge is 0.445 e. The molecule has 2 aliphatic carbocycles. The van der Waals surface area contributed by atoms with Crippen molar-refractivity contribution in [2.24, 2.45) is 11.8 Å². The summed E-state index contributed by atoms with van der Waals surface area (Å²) in [6.07, 6.45) is 3.95. The molecule has 2 rings (SSSR count). The molecule has 1 fully saturated rings. The first-order chi connectivity index (χ1) is 5.07. The molecule has 0 amide bonds. The third-order valence-corrected chi connectivity index (χ3v) is 2.75. The standard InChI is InChI=1S/C7H9BF3.K/c9-8(10,11)7-4-5-1-2-6(7)3-5;/h4-6H,1-3H2;/q-1;+1. The van der Waals surface area contributed by atoms with E-state index in [1.54, 1.807) is 0 Å². The Hall–Kier alpha value is 1.23. The van der Waals surface area contributed by atoms with Gasteiger partial charge in [0.1, 0.15) is 0 Å². The van der Waals surface area contributed by atoms with E-state index < -0.39 is 6.98 Å². The fraction of sp³-hybridized carbons (Fsp3) is 0.714. The van der Waals surface area contributed by atoms with Crippen LogP contribution in [0.15, 0.2) is 11.5 Å². The molecule has 0 spiro atoms. The summed E-state index contributed by atoms with van der Waals surface area (Å²) in [5, 5.41) is 0. The van der Waals surface area contributed by atoms with E-state index >= 15 is 0 Å². The van der Waals surface area contributed by atoms with E-state index in [0.717, 1.165) is 19.3 Å². The van der Waals surface area contributed by atoms with Gasteiger partial charge in [-0.05, 0) is 31.1 Å². The predicted octanol–water partition coefficient (Wildman–Crippen LogP) is -0.267. The largest absolute Gasteiger partial charge is 1.00 e. The fourth-order valence-corrected chi connectivity index (χ4v) is 2.26. The van der Waals surface area contributed by atoms with Crippen LogP contribution in [-0.2, 0) is 0 Å². The Bertz CT molecular complexity index is 211. The van der Waals surface area contributed by atoms with E-state index in [1.807, 2.05) is 0 Å². The zero-order chi connectivity index (χ0) is 8.06. The van der Waals surface area contributed by atoms with Crippen molar-refractivity contribution >= 4 is 6.98 Å². The van der Waals surface area contributed by atoms with Crippen LogP contribution in [0, 0.1) is 11.8 Å². The predicted molar refractivity (Wildman–Crippen MR) is 38.0 cm³/mol. The second-order valence-corrected chi connectivity index (χ2v) is 3.51. The van der Waals surface area contributed by atoms with Gasteiger partial charge in [0.2, 0.25) is 0 Å². The summed E-state index contributed by atoms with van der Waals surface area (Å²) >= 11 is 0. The van der Waals surface area contributed by atoms with Gasteiger partial charge in [0.05, 0.1) is 0 Å². The van der Waals surface area contributed by atoms with Gasteiger partial charge >= 0.3 is 58.4 Å². The summed E-state index contributed by atoms with van der Waals surface area (Å²) in [4.78, 5) is 0. The monoisotopic (exact) mass is 200 g/mol. The van der Waals surface area contributed by atoms with Gasteiger partial charge in [0.25, 0.3) is 0 Å². The minimum Gasteiger partial charge on any atom is -0.445 e. The Morgan fingerprint density at radius 2 is 1.92 bits per heavy atom. The van der Waals surface area contributed by atoms with Crippen LogP contribution in [0.5, 0.6) is 0 Å². The molecule has 0 N–H and O–H groups in total. The van der Waals surface area contributed by atoms with Crippen molar-refractivity contribution in [2.75, 3.05) is 0 Å². The van der Waals surface area contributed by atoms with Crippen LogP contribution in [0.2, 0.25) is 0 Å². The van der Waals surface area contributed by atoms with Gasteiger partial charge in [-0.15, -0.1) is 11.5 Å². The summed E-state index contributed by atoms with van der Waals surface area (Å²) in [5.41, 5.74) is -0.193. The van der Waals surface area contributed by atoms with Crippen molar-refractivity contribution in [3.8, 4) is 0 Å². The van der Waals surface area contributed by atoms with Crippen LogP contribution in [0.1, 0.15) is 19.3 Å². The van der Waals surface area contributed by atoms with Gasteiger partial charge in [-0.2, -0.15) is 0 Å². The molecule has 0 saturated heterocycles. The number of halogens is 3. The summed E-state index contributed by atoms with van der Waals surface area (Å²) in [7, 11) is 0. The maximum absolute atomic E-state index is 12.2. The third-order valence-electron chi connectivity index (χ3n) is 2.75. The van der Waals surface area contributed by atoms with Crippen LogP contribution in [0.25, 0.3) is 0 Å². The van der Waals surface area contributed by atoms with Crippen molar-refractivity contribution in [3.05, 3.63) is 11.5 Å². The Balaban J connectivity index is 0.000000720. The van der Waals surface area contributed by atoms with Crippen molar-refractivity contribution in [2.45, 2.75) is 19.3 Å². The number of fused-ring (bicyclic) bond motifs is 2. The summed E-state index contributed by atoms with van der Waals surface area (Å²) < 4.78 is 36.6. The van der Waals surface area contributed by atoms with E-state index in [9.17, 15) is 12.9 Å². The Kier molecular flexibility index (Phi) is 3.55. The molecule has 1 saturated carbocycles. The van der Waals surface area contributed by atoms with Gasteiger partial charge in [-0.1, -0.05) is 0 Å². The van der Waals surface area contributed by atoms with Crippen LogP contribution in [-0.4, -0.2) is 6.98 Å². The summed E-state index contributed by atoms with van der Waals surface area (Å²) in [6.45, 7) is -4.67. The third kappa shape index (κ3) is 2.00. The molecule has 62 valence electrons. The van der Waals surface area contributed by atoms with Gasteiger partial charge in [0, 0.05) is 0 Å². The average molecular weight is 200 g/mol. The average Bonchev–Trinajstić information content (AvgIpc) is 2.42. The molecular weight excluding hydrogens is 191 g/mol. The molecule has 2 atom stereocenters. The normalized spacial score (nSPS) is 33.1. The molecule has 12 heavy (non-hydrogen) atoms. The maximum atomic E-state index is 12.2. The van der Waals surface area contributed by atoms with Gasteiger partial charge in [0.15, 0.2) is 0 Å². The molecule has 0 radical (unpaired) electrons. The molecule has 0 aromatic heterocycles. The summed E-state index contributed by atoms with van der Waals surface area (Å²) in [6, 6.07) is 0. The Morgan fingerprint density at radius 3 is 2.17 bits per heavy atom. The van der Waals surface area contributed by atoms with E-state index in [1.165, 1.54) is 6.08 Å². The van der Waals surface area contributed by atoms with Gasteiger partial charge < -0.3 is 12.9 Å². The van der Waals surface area contributed by atoms with E-state index in [0.29, 0.717) is 0 Å². The Labute approximate surface area is 112 Å². The second-order valence-electron chi connectivity index (χ2n) is 3.51. The molecule has 0 aromatic rings. The quantitative estimate of drug-likeness (QED) is 0.511. The topological polar surface area (TPSA) is 0 Å². The molecule has 2 aliphatic rings. The van der Waals surface area contributed by atoms with Crippen molar-refractivity contribution in [1.29, 1.82) is 0 Å². The summed E-state index contributed by atoms with van der Waals surface area (Å²) in [5.74, 6) is 0.110. The molecular formula is C7H9BF3K. The molecule has 2 bridgehead atoms. The molecule has 0 heterocycles. The minimum absolute atomic E-state index is 0. The van der Waals surface area contributed by atoms with Crippen molar-refractivity contribution < 1.29 is 64.3 Å². The van der Waals surface area contributed by atoms with E-state index in [2.05, 4.69) is 0 Å². The number of hydrogen-bond acceptors (Lipinski definition) is 0. The zero-order valence-corrected chi connectivity index (χ0v) is 10.2. The van der Waals surface area contributed by atoms with E-state index in [-0.39, 0.29) is 68.7 Å². The van der Waals surface area contributed by atoms with E-state index in [4.69, 9.17) is 0 Å². The molecule has 5 heteroatoms. The SMILES string of the molecule is F[B-](F)(F)C1=CC2CCC1C2.[K+]. The molecule has 2 unspecified atom stereocenters. The van der Waals surface area contributed by atoms with Crippen LogP contribution in [0.3, 0.4) is 0 Å². The molecule has 0 nitrogen and oxygen atoms in total. The first-order valence-corrected chi connectivity index (χ1v) is 3.99. The van der Waals surface area contributed by atoms with Crippen LogP contribution >= 0.6 is 0 Å². The Morgan fingerprint density at radius 1 is 1.25 bits per heavy atom.